The first-order valence-electron chi connectivity index (χ1n) is 11.4. The first-order valence-corrected chi connectivity index (χ1v) is 11.4. The largest absolute Gasteiger partial charge is 0.454 e. The van der Waals surface area contributed by atoms with Crippen molar-refractivity contribution in [3.8, 4) is 11.5 Å². The summed E-state index contributed by atoms with van der Waals surface area (Å²) in [5.74, 6) is 3.34. The number of ether oxygens (including phenoxy) is 4. The third-order valence-corrected chi connectivity index (χ3v) is 6.13. The van der Waals surface area contributed by atoms with Crippen LogP contribution in [0, 0.1) is 5.92 Å². The number of rotatable bonds is 10. The second kappa shape index (κ2) is 10.4. The van der Waals surface area contributed by atoms with Gasteiger partial charge in [-0.2, -0.15) is 0 Å². The lowest BCUT2D eigenvalue weighted by molar-refractivity contribution is 0.0530. The summed E-state index contributed by atoms with van der Waals surface area (Å²) in [6.45, 7) is 8.04. The van der Waals surface area contributed by atoms with E-state index in [1.165, 1.54) is 18.4 Å². The van der Waals surface area contributed by atoms with Crippen molar-refractivity contribution < 1.29 is 18.9 Å². The highest BCUT2D eigenvalue weighted by Crippen LogP contribution is 2.41. The summed E-state index contributed by atoms with van der Waals surface area (Å²) in [6, 6.07) is 6.30. The van der Waals surface area contributed by atoms with E-state index in [0.717, 1.165) is 82.2 Å². The smallest absolute Gasteiger partial charge is 0.231 e. The van der Waals surface area contributed by atoms with Crippen LogP contribution in [0.4, 0.5) is 0 Å². The molecule has 0 bridgehead atoms. The predicted octanol–water partition coefficient (Wildman–Crippen LogP) is 2.84. The molecule has 7 nitrogen and oxygen atoms in total. The number of hydrogen-bond acceptors (Lipinski definition) is 5. The Morgan fingerprint density at radius 2 is 2.00 bits per heavy atom. The van der Waals surface area contributed by atoms with Crippen molar-refractivity contribution >= 4 is 5.96 Å². The van der Waals surface area contributed by atoms with Crippen molar-refractivity contribution in [2.24, 2.45) is 10.9 Å². The van der Waals surface area contributed by atoms with Gasteiger partial charge in [-0.25, -0.2) is 0 Å². The van der Waals surface area contributed by atoms with E-state index in [-0.39, 0.29) is 5.41 Å². The second-order valence-electron chi connectivity index (χ2n) is 8.45. The molecule has 1 saturated heterocycles. The summed E-state index contributed by atoms with van der Waals surface area (Å²) in [4.78, 5) is 4.96. The van der Waals surface area contributed by atoms with E-state index in [4.69, 9.17) is 23.9 Å². The Bertz CT molecular complexity index is 714. The zero-order valence-electron chi connectivity index (χ0n) is 18.1. The Balaban J connectivity index is 1.37. The van der Waals surface area contributed by atoms with Gasteiger partial charge in [0.1, 0.15) is 0 Å². The number of hydrogen-bond donors (Lipinski definition) is 2. The van der Waals surface area contributed by atoms with E-state index in [0.29, 0.717) is 13.3 Å². The van der Waals surface area contributed by atoms with Gasteiger partial charge in [0.25, 0.3) is 0 Å². The fourth-order valence-electron chi connectivity index (χ4n) is 4.01. The molecule has 0 unspecified atom stereocenters. The molecule has 1 aliphatic carbocycles. The van der Waals surface area contributed by atoms with Crippen molar-refractivity contribution in [2.45, 2.75) is 44.4 Å². The number of aliphatic imine (C=N–C) groups is 1. The lowest BCUT2D eigenvalue weighted by atomic mass is 9.74. The van der Waals surface area contributed by atoms with Crippen molar-refractivity contribution in [1.29, 1.82) is 0 Å². The van der Waals surface area contributed by atoms with E-state index < -0.39 is 0 Å². The fourth-order valence-corrected chi connectivity index (χ4v) is 4.01. The topological polar surface area (TPSA) is 73.3 Å². The van der Waals surface area contributed by atoms with Crippen LogP contribution in [0.2, 0.25) is 0 Å². The van der Waals surface area contributed by atoms with Crippen LogP contribution in [-0.4, -0.2) is 58.8 Å². The van der Waals surface area contributed by atoms with Gasteiger partial charge < -0.3 is 29.6 Å². The molecule has 0 atom stereocenters. The lowest BCUT2D eigenvalue weighted by Crippen LogP contribution is -2.41. The number of guanidine groups is 1. The molecule has 30 heavy (non-hydrogen) atoms. The monoisotopic (exact) mass is 417 g/mol. The van der Waals surface area contributed by atoms with E-state index >= 15 is 0 Å². The Kier molecular flexibility index (Phi) is 7.33. The van der Waals surface area contributed by atoms with Crippen molar-refractivity contribution in [3.63, 3.8) is 0 Å². The molecule has 3 aliphatic rings. The average molecular weight is 418 g/mol. The highest BCUT2D eigenvalue weighted by molar-refractivity contribution is 5.79. The molecule has 2 N–H and O–H groups in total. The molecular formula is C23H35N3O4. The molecule has 1 saturated carbocycles. The van der Waals surface area contributed by atoms with Gasteiger partial charge in [-0.05, 0) is 62.6 Å². The maximum absolute atomic E-state index is 5.73. The number of nitrogens with zero attached hydrogens (tertiary/aromatic N) is 1. The normalized spacial score (nSPS) is 20.2. The van der Waals surface area contributed by atoms with Crippen LogP contribution in [0.25, 0.3) is 0 Å². The predicted molar refractivity (Wildman–Crippen MR) is 116 cm³/mol. The molecule has 1 aromatic carbocycles. The van der Waals surface area contributed by atoms with Crippen LogP contribution >= 0.6 is 0 Å². The standard InChI is InChI=1S/C23H35N3O4/c1-2-24-22(25-10-3-11-28-15-18-4-5-18)26-16-23(8-12-27-13-9-23)19-6-7-20-21(14-19)30-17-29-20/h6-7,14,18H,2-5,8-13,15-17H2,1H3,(H2,24,25,26). The van der Waals surface area contributed by atoms with Gasteiger partial charge in [0, 0.05) is 44.9 Å². The van der Waals surface area contributed by atoms with E-state index in [2.05, 4.69) is 29.7 Å². The lowest BCUT2D eigenvalue weighted by Gasteiger charge is -2.36. The van der Waals surface area contributed by atoms with E-state index in [9.17, 15) is 0 Å². The van der Waals surface area contributed by atoms with Crippen LogP contribution < -0.4 is 20.1 Å². The summed E-state index contributed by atoms with van der Waals surface area (Å²) in [5.41, 5.74) is 1.21. The maximum atomic E-state index is 5.73. The van der Waals surface area contributed by atoms with Gasteiger partial charge in [-0.1, -0.05) is 6.07 Å². The first kappa shape index (κ1) is 21.2. The van der Waals surface area contributed by atoms with Crippen LogP contribution in [0.1, 0.15) is 44.6 Å². The maximum Gasteiger partial charge on any atom is 0.231 e. The molecule has 4 rings (SSSR count). The van der Waals surface area contributed by atoms with Gasteiger partial charge in [-0.15, -0.1) is 0 Å². The third-order valence-electron chi connectivity index (χ3n) is 6.13. The first-order chi connectivity index (χ1) is 14.8. The molecule has 2 fully saturated rings. The van der Waals surface area contributed by atoms with Gasteiger partial charge in [0.05, 0.1) is 6.54 Å². The summed E-state index contributed by atoms with van der Waals surface area (Å²) in [6.07, 6.45) is 5.56. The van der Waals surface area contributed by atoms with Crippen molar-refractivity contribution in [3.05, 3.63) is 23.8 Å². The van der Waals surface area contributed by atoms with Crippen molar-refractivity contribution in [1.82, 2.24) is 10.6 Å². The molecule has 7 heteroatoms. The van der Waals surface area contributed by atoms with E-state index in [1.54, 1.807) is 0 Å². The number of fused-ring (bicyclic) bond motifs is 1. The molecule has 0 amide bonds. The molecule has 2 heterocycles. The van der Waals surface area contributed by atoms with Crippen LogP contribution in [0.15, 0.2) is 23.2 Å². The fraction of sp³-hybridized carbons (Fsp3) is 0.696. The van der Waals surface area contributed by atoms with Crippen molar-refractivity contribution in [2.75, 3.05) is 52.9 Å². The molecule has 1 aromatic rings. The zero-order valence-corrected chi connectivity index (χ0v) is 18.1. The van der Waals surface area contributed by atoms with E-state index in [1.807, 2.05) is 6.07 Å². The minimum Gasteiger partial charge on any atom is -0.454 e. The van der Waals surface area contributed by atoms with Crippen LogP contribution in [-0.2, 0) is 14.9 Å². The van der Waals surface area contributed by atoms with Gasteiger partial charge in [0.2, 0.25) is 6.79 Å². The van der Waals surface area contributed by atoms with Gasteiger partial charge in [0.15, 0.2) is 17.5 Å². The zero-order chi connectivity index (χ0) is 20.7. The Labute approximate surface area is 179 Å². The van der Waals surface area contributed by atoms with Crippen LogP contribution in [0.5, 0.6) is 11.5 Å². The summed E-state index contributed by atoms with van der Waals surface area (Å²) < 4.78 is 22.5. The van der Waals surface area contributed by atoms with Gasteiger partial charge >= 0.3 is 0 Å². The highest BCUT2D eigenvalue weighted by Gasteiger charge is 2.35. The third kappa shape index (κ3) is 5.58. The number of benzene rings is 1. The molecule has 166 valence electrons. The minimum atomic E-state index is -0.0467. The minimum absolute atomic E-state index is 0.0467. The van der Waals surface area contributed by atoms with Crippen LogP contribution in [0.3, 0.4) is 0 Å². The summed E-state index contributed by atoms with van der Waals surface area (Å²) in [5, 5.41) is 6.83. The molecule has 2 aliphatic heterocycles. The second-order valence-corrected chi connectivity index (χ2v) is 8.45. The SMILES string of the molecule is CCNC(=NCC1(c2ccc3c(c2)OCO3)CCOCC1)NCCCOCC1CC1. The number of nitrogens with one attached hydrogen (secondary N) is 2. The summed E-state index contributed by atoms with van der Waals surface area (Å²) in [7, 11) is 0. The summed E-state index contributed by atoms with van der Waals surface area (Å²) >= 11 is 0. The molecule has 0 radical (unpaired) electrons. The quantitative estimate of drug-likeness (QED) is 0.347. The average Bonchev–Trinajstić information content (AvgIpc) is 3.48. The molecular weight excluding hydrogens is 382 g/mol. The molecule has 0 spiro atoms. The molecule has 0 aromatic heterocycles. The van der Waals surface area contributed by atoms with Gasteiger partial charge in [-0.3, -0.25) is 4.99 Å². The Morgan fingerprint density at radius 1 is 1.17 bits per heavy atom. The Hall–Kier alpha value is -1.99. The highest BCUT2D eigenvalue weighted by atomic mass is 16.7. The Morgan fingerprint density at radius 3 is 2.80 bits per heavy atom.